The third kappa shape index (κ3) is 3.73. The topological polar surface area (TPSA) is 43.4 Å². The summed E-state index contributed by atoms with van der Waals surface area (Å²) in [5, 5.41) is 3.43. The van der Waals surface area contributed by atoms with Gasteiger partial charge in [0.25, 0.3) is 0 Å². The van der Waals surface area contributed by atoms with Crippen LogP contribution in [0.5, 0.6) is 11.5 Å². The van der Waals surface area contributed by atoms with E-state index in [0.717, 1.165) is 47.8 Å². The number of rotatable bonds is 7. The molecule has 1 heterocycles. The van der Waals surface area contributed by atoms with Gasteiger partial charge in [-0.25, -0.2) is 0 Å². The second-order valence-electron chi connectivity index (χ2n) is 4.76. The van der Waals surface area contributed by atoms with Crippen molar-refractivity contribution in [3.05, 3.63) is 42.1 Å². The van der Waals surface area contributed by atoms with Crippen molar-refractivity contribution in [3.63, 3.8) is 0 Å². The van der Waals surface area contributed by atoms with E-state index in [-0.39, 0.29) is 0 Å². The van der Waals surface area contributed by atoms with E-state index >= 15 is 0 Å². The van der Waals surface area contributed by atoms with Crippen molar-refractivity contribution in [3.8, 4) is 22.8 Å². The smallest absolute Gasteiger partial charge is 0.161 e. The molecule has 0 aliphatic rings. The molecule has 1 aromatic carbocycles. The molecule has 2 aromatic rings. The monoisotopic (exact) mass is 286 g/mol. The molecule has 4 heteroatoms. The number of pyridine rings is 1. The van der Waals surface area contributed by atoms with Gasteiger partial charge >= 0.3 is 0 Å². The lowest BCUT2D eigenvalue weighted by Gasteiger charge is -2.15. The van der Waals surface area contributed by atoms with E-state index in [2.05, 4.69) is 17.2 Å². The second kappa shape index (κ2) is 7.64. The maximum atomic E-state index is 5.41. The van der Waals surface area contributed by atoms with Crippen LogP contribution in [0.3, 0.4) is 0 Å². The first-order valence-corrected chi connectivity index (χ1v) is 7.17. The van der Waals surface area contributed by atoms with Gasteiger partial charge in [-0.1, -0.05) is 13.0 Å². The summed E-state index contributed by atoms with van der Waals surface area (Å²) in [6, 6.07) is 9.92. The number of aromatic nitrogens is 1. The molecule has 0 atom stereocenters. The minimum absolute atomic E-state index is 0.720. The Balaban J connectivity index is 2.44. The highest BCUT2D eigenvalue weighted by Crippen LogP contribution is 2.35. The van der Waals surface area contributed by atoms with Crippen LogP contribution >= 0.6 is 0 Å². The molecule has 0 saturated carbocycles. The molecule has 112 valence electrons. The highest BCUT2D eigenvalue weighted by molar-refractivity contribution is 5.68. The first-order valence-electron chi connectivity index (χ1n) is 7.17. The summed E-state index contributed by atoms with van der Waals surface area (Å²) in [4.78, 5) is 4.44. The van der Waals surface area contributed by atoms with Gasteiger partial charge in [0.15, 0.2) is 11.5 Å². The van der Waals surface area contributed by atoms with Crippen LogP contribution in [-0.2, 0) is 6.54 Å². The van der Waals surface area contributed by atoms with Gasteiger partial charge < -0.3 is 14.8 Å². The SMILES string of the molecule is CCCNCc1cc(OC)c(OC)cc1-c1ccccn1. The van der Waals surface area contributed by atoms with Crippen LogP contribution in [0.2, 0.25) is 0 Å². The zero-order valence-electron chi connectivity index (χ0n) is 12.8. The molecule has 0 bridgehead atoms. The average molecular weight is 286 g/mol. The highest BCUT2D eigenvalue weighted by atomic mass is 16.5. The Labute approximate surface area is 126 Å². The Kier molecular flexibility index (Phi) is 5.58. The van der Waals surface area contributed by atoms with Crippen molar-refractivity contribution >= 4 is 0 Å². The van der Waals surface area contributed by atoms with Crippen LogP contribution in [0.25, 0.3) is 11.3 Å². The Hall–Kier alpha value is -2.07. The summed E-state index contributed by atoms with van der Waals surface area (Å²) >= 11 is 0. The van der Waals surface area contributed by atoms with Gasteiger partial charge in [0.2, 0.25) is 0 Å². The van der Waals surface area contributed by atoms with Crippen LogP contribution in [0.15, 0.2) is 36.5 Å². The third-order valence-electron chi connectivity index (χ3n) is 3.29. The van der Waals surface area contributed by atoms with Crippen molar-refractivity contribution in [1.29, 1.82) is 0 Å². The minimum atomic E-state index is 0.720. The van der Waals surface area contributed by atoms with Gasteiger partial charge in [-0.2, -0.15) is 0 Å². The lowest BCUT2D eigenvalue weighted by Crippen LogP contribution is -2.14. The highest BCUT2D eigenvalue weighted by Gasteiger charge is 2.13. The van der Waals surface area contributed by atoms with Gasteiger partial charge in [-0.3, -0.25) is 4.98 Å². The maximum absolute atomic E-state index is 5.41. The number of methoxy groups -OCH3 is 2. The fourth-order valence-corrected chi connectivity index (χ4v) is 2.23. The normalized spacial score (nSPS) is 10.4. The standard InChI is InChI=1S/C17H22N2O2/c1-4-8-18-12-13-10-16(20-2)17(21-3)11-14(13)15-7-5-6-9-19-15/h5-7,9-11,18H,4,8,12H2,1-3H3. The molecule has 0 aliphatic carbocycles. The van der Waals surface area contributed by atoms with Crippen molar-refractivity contribution < 1.29 is 9.47 Å². The maximum Gasteiger partial charge on any atom is 0.161 e. The molecule has 0 aliphatic heterocycles. The van der Waals surface area contributed by atoms with Crippen molar-refractivity contribution in [2.24, 2.45) is 0 Å². The van der Waals surface area contributed by atoms with E-state index in [0.29, 0.717) is 0 Å². The van der Waals surface area contributed by atoms with E-state index in [9.17, 15) is 0 Å². The summed E-state index contributed by atoms with van der Waals surface area (Å²) in [6.07, 6.45) is 2.90. The zero-order chi connectivity index (χ0) is 15.1. The predicted octanol–water partition coefficient (Wildman–Crippen LogP) is 3.27. The summed E-state index contributed by atoms with van der Waals surface area (Å²) < 4.78 is 10.8. The zero-order valence-corrected chi connectivity index (χ0v) is 12.8. The first-order chi connectivity index (χ1) is 10.3. The molecule has 0 fully saturated rings. The largest absolute Gasteiger partial charge is 0.493 e. The van der Waals surface area contributed by atoms with Gasteiger partial charge in [-0.05, 0) is 42.8 Å². The molecule has 4 nitrogen and oxygen atoms in total. The van der Waals surface area contributed by atoms with Crippen molar-refractivity contribution in [2.45, 2.75) is 19.9 Å². The molecule has 0 saturated heterocycles. The van der Waals surface area contributed by atoms with Gasteiger partial charge in [0.05, 0.1) is 19.9 Å². The molecule has 1 aromatic heterocycles. The lowest BCUT2D eigenvalue weighted by molar-refractivity contribution is 0.354. The van der Waals surface area contributed by atoms with Crippen LogP contribution in [0, 0.1) is 0 Å². The number of nitrogens with one attached hydrogen (secondary N) is 1. The summed E-state index contributed by atoms with van der Waals surface area (Å²) in [6.45, 7) is 3.91. The van der Waals surface area contributed by atoms with E-state index in [4.69, 9.17) is 9.47 Å². The number of benzene rings is 1. The molecule has 1 N–H and O–H groups in total. The molecular formula is C17H22N2O2. The van der Waals surface area contributed by atoms with Crippen LogP contribution in [0.4, 0.5) is 0 Å². The van der Waals surface area contributed by atoms with Crippen LogP contribution in [-0.4, -0.2) is 25.7 Å². The summed E-state index contributed by atoms with van der Waals surface area (Å²) in [5.41, 5.74) is 3.16. The minimum Gasteiger partial charge on any atom is -0.493 e. The van der Waals surface area contributed by atoms with Crippen LogP contribution in [0.1, 0.15) is 18.9 Å². The second-order valence-corrected chi connectivity index (χ2v) is 4.76. The Morgan fingerprint density at radius 3 is 2.48 bits per heavy atom. The molecule has 2 rings (SSSR count). The lowest BCUT2D eigenvalue weighted by atomic mass is 10.0. The van der Waals surface area contributed by atoms with E-state index in [1.807, 2.05) is 30.3 Å². The Morgan fingerprint density at radius 1 is 1.10 bits per heavy atom. The number of ether oxygens (including phenoxy) is 2. The quantitative estimate of drug-likeness (QED) is 0.793. The summed E-state index contributed by atoms with van der Waals surface area (Å²) in [5.74, 6) is 1.46. The Morgan fingerprint density at radius 2 is 1.86 bits per heavy atom. The number of nitrogens with zero attached hydrogens (tertiary/aromatic N) is 1. The fourth-order valence-electron chi connectivity index (χ4n) is 2.23. The van der Waals surface area contributed by atoms with E-state index < -0.39 is 0 Å². The van der Waals surface area contributed by atoms with Crippen molar-refractivity contribution in [1.82, 2.24) is 10.3 Å². The predicted molar refractivity (Wildman–Crippen MR) is 84.8 cm³/mol. The first kappa shape index (κ1) is 15.3. The molecule has 0 amide bonds. The van der Waals surface area contributed by atoms with Gasteiger partial charge in [0.1, 0.15) is 0 Å². The average Bonchev–Trinajstić information content (AvgIpc) is 2.55. The molecule has 21 heavy (non-hydrogen) atoms. The molecule has 0 unspecified atom stereocenters. The van der Waals surface area contributed by atoms with Gasteiger partial charge in [-0.15, -0.1) is 0 Å². The number of hydrogen-bond donors (Lipinski definition) is 1. The third-order valence-corrected chi connectivity index (χ3v) is 3.29. The molecular weight excluding hydrogens is 264 g/mol. The van der Waals surface area contributed by atoms with Crippen molar-refractivity contribution in [2.75, 3.05) is 20.8 Å². The van der Waals surface area contributed by atoms with E-state index in [1.54, 1.807) is 20.4 Å². The van der Waals surface area contributed by atoms with Crippen LogP contribution < -0.4 is 14.8 Å². The van der Waals surface area contributed by atoms with E-state index in [1.165, 1.54) is 0 Å². The molecule has 0 radical (unpaired) electrons. The van der Waals surface area contributed by atoms with Gasteiger partial charge in [0, 0.05) is 18.3 Å². The molecule has 0 spiro atoms. The number of hydrogen-bond acceptors (Lipinski definition) is 4. The fraction of sp³-hybridized carbons (Fsp3) is 0.353. The summed E-state index contributed by atoms with van der Waals surface area (Å²) in [7, 11) is 3.30. The Bertz CT molecular complexity index is 571.